The Morgan fingerprint density at radius 3 is 2.43 bits per heavy atom. The van der Waals surface area contributed by atoms with Gasteiger partial charge < -0.3 is 0 Å². The van der Waals surface area contributed by atoms with Crippen LogP contribution >= 0.6 is 11.6 Å². The third kappa shape index (κ3) is 2.41. The van der Waals surface area contributed by atoms with Crippen molar-refractivity contribution in [2.24, 2.45) is 0 Å². The topological polar surface area (TPSA) is 0 Å². The van der Waals surface area contributed by atoms with Crippen LogP contribution in [0.4, 0.5) is 13.2 Å². The van der Waals surface area contributed by atoms with Crippen LogP contribution in [0, 0.1) is 0 Å². The summed E-state index contributed by atoms with van der Waals surface area (Å²) in [5.41, 5.74) is -0.186. The molecule has 0 N–H and O–H groups in total. The van der Waals surface area contributed by atoms with E-state index >= 15 is 0 Å². The predicted molar refractivity (Wildman–Crippen MR) is 50.4 cm³/mol. The molecule has 0 atom stereocenters. The van der Waals surface area contributed by atoms with Gasteiger partial charge in [-0.1, -0.05) is 37.1 Å². The molecular formula is C10H10ClF3. The van der Waals surface area contributed by atoms with Gasteiger partial charge in [-0.3, -0.25) is 0 Å². The molecule has 1 aromatic rings. The molecule has 0 amide bonds. The van der Waals surface area contributed by atoms with E-state index in [1.165, 1.54) is 6.07 Å². The minimum atomic E-state index is -4.36. The highest BCUT2D eigenvalue weighted by molar-refractivity contribution is 6.32. The van der Waals surface area contributed by atoms with Crippen molar-refractivity contribution < 1.29 is 13.2 Å². The van der Waals surface area contributed by atoms with E-state index < -0.39 is 11.7 Å². The summed E-state index contributed by atoms with van der Waals surface area (Å²) >= 11 is 5.65. The summed E-state index contributed by atoms with van der Waals surface area (Å²) < 4.78 is 37.2. The van der Waals surface area contributed by atoms with Crippen LogP contribution in [0.1, 0.15) is 24.5 Å². The molecule has 0 nitrogen and oxygen atoms in total. The third-order valence-electron chi connectivity index (χ3n) is 1.90. The van der Waals surface area contributed by atoms with Gasteiger partial charge in [0.2, 0.25) is 0 Å². The Hall–Kier alpha value is -0.700. The number of rotatable bonds is 2. The van der Waals surface area contributed by atoms with Gasteiger partial charge in [-0.05, 0) is 18.1 Å². The minimum absolute atomic E-state index is 0.165. The first-order chi connectivity index (χ1) is 6.46. The molecule has 0 saturated heterocycles. The fourth-order valence-electron chi connectivity index (χ4n) is 1.26. The van der Waals surface area contributed by atoms with E-state index in [0.717, 1.165) is 12.5 Å². The fraction of sp³-hybridized carbons (Fsp3) is 0.400. The molecule has 1 rings (SSSR count). The molecular weight excluding hydrogens is 213 g/mol. The van der Waals surface area contributed by atoms with Crippen LogP contribution < -0.4 is 0 Å². The largest absolute Gasteiger partial charge is 0.417 e. The lowest BCUT2D eigenvalue weighted by Gasteiger charge is -2.11. The SMILES string of the molecule is CCCc1cccc(C(F)(F)F)c1Cl. The number of alkyl halides is 3. The number of aryl methyl sites for hydroxylation is 1. The summed E-state index contributed by atoms with van der Waals surface area (Å²) in [6, 6.07) is 4.02. The van der Waals surface area contributed by atoms with Crippen molar-refractivity contribution in [3.05, 3.63) is 34.3 Å². The highest BCUT2D eigenvalue weighted by atomic mass is 35.5. The Labute approximate surface area is 85.7 Å². The van der Waals surface area contributed by atoms with Gasteiger partial charge in [-0.25, -0.2) is 0 Å². The van der Waals surface area contributed by atoms with Crippen molar-refractivity contribution in [1.29, 1.82) is 0 Å². The van der Waals surface area contributed by atoms with Crippen LogP contribution in [0.2, 0.25) is 5.02 Å². The van der Waals surface area contributed by atoms with Gasteiger partial charge in [0.1, 0.15) is 0 Å². The summed E-state index contributed by atoms with van der Waals surface area (Å²) in [6.45, 7) is 1.90. The summed E-state index contributed by atoms with van der Waals surface area (Å²) in [4.78, 5) is 0. The van der Waals surface area contributed by atoms with Gasteiger partial charge in [-0.15, -0.1) is 0 Å². The Morgan fingerprint density at radius 2 is 1.93 bits per heavy atom. The Morgan fingerprint density at radius 1 is 1.29 bits per heavy atom. The summed E-state index contributed by atoms with van der Waals surface area (Å²) in [5.74, 6) is 0. The Bertz CT molecular complexity index is 318. The van der Waals surface area contributed by atoms with E-state index in [2.05, 4.69) is 0 Å². The van der Waals surface area contributed by atoms with E-state index in [9.17, 15) is 13.2 Å². The van der Waals surface area contributed by atoms with Crippen LogP contribution in [-0.2, 0) is 12.6 Å². The standard InChI is InChI=1S/C10H10ClF3/c1-2-4-7-5-3-6-8(9(7)11)10(12,13)14/h3,5-6H,2,4H2,1H3. The van der Waals surface area contributed by atoms with Crippen molar-refractivity contribution in [3.8, 4) is 0 Å². The molecule has 0 radical (unpaired) electrons. The highest BCUT2D eigenvalue weighted by Gasteiger charge is 2.33. The molecule has 0 aromatic heterocycles. The van der Waals surface area contributed by atoms with Crippen molar-refractivity contribution in [2.45, 2.75) is 25.9 Å². The first kappa shape index (κ1) is 11.4. The maximum Gasteiger partial charge on any atom is 0.417 e. The molecule has 78 valence electrons. The fourth-order valence-corrected chi connectivity index (χ4v) is 1.59. The number of benzene rings is 1. The van der Waals surface area contributed by atoms with Gasteiger partial charge >= 0.3 is 6.18 Å². The van der Waals surface area contributed by atoms with Crippen LogP contribution in [-0.4, -0.2) is 0 Å². The maximum atomic E-state index is 12.4. The van der Waals surface area contributed by atoms with Gasteiger partial charge in [0.05, 0.1) is 10.6 Å². The van der Waals surface area contributed by atoms with E-state index in [0.29, 0.717) is 12.0 Å². The molecule has 0 spiro atoms. The second kappa shape index (κ2) is 4.22. The van der Waals surface area contributed by atoms with Crippen LogP contribution in [0.15, 0.2) is 18.2 Å². The highest BCUT2D eigenvalue weighted by Crippen LogP contribution is 2.36. The minimum Gasteiger partial charge on any atom is -0.166 e. The van der Waals surface area contributed by atoms with Crippen molar-refractivity contribution in [3.63, 3.8) is 0 Å². The lowest BCUT2D eigenvalue weighted by Crippen LogP contribution is -2.06. The molecule has 14 heavy (non-hydrogen) atoms. The van der Waals surface area contributed by atoms with Crippen molar-refractivity contribution in [2.75, 3.05) is 0 Å². The number of halogens is 4. The lowest BCUT2D eigenvalue weighted by molar-refractivity contribution is -0.137. The molecule has 0 heterocycles. The average Bonchev–Trinajstić information content (AvgIpc) is 2.07. The van der Waals surface area contributed by atoms with Gasteiger partial charge in [0.25, 0.3) is 0 Å². The molecule has 0 saturated carbocycles. The van der Waals surface area contributed by atoms with E-state index in [-0.39, 0.29) is 5.02 Å². The molecule has 4 heteroatoms. The second-order valence-electron chi connectivity index (χ2n) is 3.03. The zero-order chi connectivity index (χ0) is 10.8. The van der Waals surface area contributed by atoms with Crippen LogP contribution in [0.25, 0.3) is 0 Å². The van der Waals surface area contributed by atoms with Crippen LogP contribution in [0.3, 0.4) is 0 Å². The van der Waals surface area contributed by atoms with Crippen LogP contribution in [0.5, 0.6) is 0 Å². The molecule has 0 aliphatic rings. The van der Waals surface area contributed by atoms with Gasteiger partial charge in [-0.2, -0.15) is 13.2 Å². The number of hydrogen-bond acceptors (Lipinski definition) is 0. The zero-order valence-corrected chi connectivity index (χ0v) is 8.41. The van der Waals surface area contributed by atoms with Gasteiger partial charge in [0.15, 0.2) is 0 Å². The normalized spacial score (nSPS) is 11.8. The van der Waals surface area contributed by atoms with E-state index in [1.807, 2.05) is 6.92 Å². The quantitative estimate of drug-likeness (QED) is 0.700. The first-order valence-electron chi connectivity index (χ1n) is 4.31. The number of hydrogen-bond donors (Lipinski definition) is 0. The molecule has 0 aliphatic carbocycles. The molecule has 1 aromatic carbocycles. The molecule has 0 unspecified atom stereocenters. The monoisotopic (exact) mass is 222 g/mol. The van der Waals surface area contributed by atoms with Crippen molar-refractivity contribution in [1.82, 2.24) is 0 Å². The maximum absolute atomic E-state index is 12.4. The summed E-state index contributed by atoms with van der Waals surface area (Å²) in [6.07, 6.45) is -3.01. The van der Waals surface area contributed by atoms with E-state index in [1.54, 1.807) is 6.07 Å². The third-order valence-corrected chi connectivity index (χ3v) is 2.35. The molecule has 0 bridgehead atoms. The van der Waals surface area contributed by atoms with Gasteiger partial charge in [0, 0.05) is 0 Å². The lowest BCUT2D eigenvalue weighted by atomic mass is 10.1. The first-order valence-corrected chi connectivity index (χ1v) is 4.69. The molecule has 0 aliphatic heterocycles. The summed E-state index contributed by atoms with van der Waals surface area (Å²) in [5, 5.41) is -0.165. The Balaban J connectivity index is 3.14. The second-order valence-corrected chi connectivity index (χ2v) is 3.40. The van der Waals surface area contributed by atoms with E-state index in [4.69, 9.17) is 11.6 Å². The van der Waals surface area contributed by atoms with Crippen molar-refractivity contribution >= 4 is 11.6 Å². The zero-order valence-electron chi connectivity index (χ0n) is 7.66. The average molecular weight is 223 g/mol. The Kier molecular flexibility index (Phi) is 3.43. The molecule has 0 fully saturated rings. The summed E-state index contributed by atoms with van der Waals surface area (Å²) in [7, 11) is 0. The predicted octanol–water partition coefficient (Wildman–Crippen LogP) is 4.31. The smallest absolute Gasteiger partial charge is 0.166 e.